The van der Waals surface area contributed by atoms with E-state index in [4.69, 9.17) is 16.3 Å². The largest absolute Gasteiger partial charge is 0.497 e. The molecular formula is C12H17ClO. The van der Waals surface area contributed by atoms with Crippen molar-refractivity contribution in [3.05, 3.63) is 29.8 Å². The van der Waals surface area contributed by atoms with Crippen molar-refractivity contribution >= 4 is 11.6 Å². The van der Waals surface area contributed by atoms with Crippen LogP contribution >= 0.6 is 11.6 Å². The molecule has 0 aliphatic heterocycles. The lowest BCUT2D eigenvalue weighted by atomic mass is 9.88. The first kappa shape index (κ1) is 11.4. The van der Waals surface area contributed by atoms with Gasteiger partial charge >= 0.3 is 0 Å². The van der Waals surface area contributed by atoms with Gasteiger partial charge in [0.1, 0.15) is 5.75 Å². The third-order valence-electron chi connectivity index (χ3n) is 2.18. The zero-order valence-corrected chi connectivity index (χ0v) is 9.77. The Bertz CT molecular complexity index is 294. The third-order valence-corrected chi connectivity index (χ3v) is 2.90. The van der Waals surface area contributed by atoms with Crippen LogP contribution in [0.1, 0.15) is 19.4 Å². The van der Waals surface area contributed by atoms with Crippen LogP contribution in [0.4, 0.5) is 0 Å². The summed E-state index contributed by atoms with van der Waals surface area (Å²) in [6, 6.07) is 8.14. The molecule has 0 amide bonds. The molecule has 0 bridgehead atoms. The highest BCUT2D eigenvalue weighted by Crippen LogP contribution is 2.25. The molecular weight excluding hydrogens is 196 g/mol. The van der Waals surface area contributed by atoms with E-state index in [-0.39, 0.29) is 5.41 Å². The molecule has 78 valence electrons. The Morgan fingerprint density at radius 1 is 1.36 bits per heavy atom. The molecule has 0 aromatic heterocycles. The van der Waals surface area contributed by atoms with Crippen LogP contribution in [0.2, 0.25) is 0 Å². The van der Waals surface area contributed by atoms with E-state index in [1.165, 1.54) is 5.56 Å². The Morgan fingerprint density at radius 2 is 2.07 bits per heavy atom. The van der Waals surface area contributed by atoms with Gasteiger partial charge in [0.05, 0.1) is 7.11 Å². The number of rotatable bonds is 4. The van der Waals surface area contributed by atoms with Crippen LogP contribution in [0.5, 0.6) is 5.75 Å². The van der Waals surface area contributed by atoms with Gasteiger partial charge in [-0.25, -0.2) is 0 Å². The fourth-order valence-corrected chi connectivity index (χ4v) is 1.48. The van der Waals surface area contributed by atoms with E-state index in [1.807, 2.05) is 12.1 Å². The summed E-state index contributed by atoms with van der Waals surface area (Å²) in [5.41, 5.74) is 1.42. The standard InChI is InChI=1S/C12H17ClO/c1-12(2,9-13)8-10-5-4-6-11(7-10)14-3/h4-7H,8-9H2,1-3H3. The molecule has 0 unspecified atom stereocenters. The first-order valence-corrected chi connectivity index (χ1v) is 5.30. The highest BCUT2D eigenvalue weighted by Gasteiger charge is 2.16. The van der Waals surface area contributed by atoms with E-state index in [0.29, 0.717) is 5.88 Å². The van der Waals surface area contributed by atoms with Gasteiger partial charge in [-0.2, -0.15) is 0 Å². The molecule has 0 fully saturated rings. The lowest BCUT2D eigenvalue weighted by Gasteiger charge is -2.21. The van der Waals surface area contributed by atoms with Crippen LogP contribution in [0.25, 0.3) is 0 Å². The van der Waals surface area contributed by atoms with Gasteiger partial charge in [0.2, 0.25) is 0 Å². The average Bonchev–Trinajstić information content (AvgIpc) is 2.17. The molecule has 0 aliphatic rings. The second-order valence-corrected chi connectivity index (χ2v) is 4.59. The van der Waals surface area contributed by atoms with Crippen molar-refractivity contribution in [3.8, 4) is 5.75 Å². The van der Waals surface area contributed by atoms with Gasteiger partial charge in [0.25, 0.3) is 0 Å². The minimum Gasteiger partial charge on any atom is -0.497 e. The van der Waals surface area contributed by atoms with Gasteiger partial charge in [-0.05, 0) is 29.5 Å². The number of hydrogen-bond acceptors (Lipinski definition) is 1. The predicted molar refractivity (Wildman–Crippen MR) is 61.2 cm³/mol. The van der Waals surface area contributed by atoms with E-state index in [1.54, 1.807) is 7.11 Å². The maximum absolute atomic E-state index is 5.89. The monoisotopic (exact) mass is 212 g/mol. The minimum atomic E-state index is 0.147. The van der Waals surface area contributed by atoms with Crippen molar-refractivity contribution in [1.29, 1.82) is 0 Å². The van der Waals surface area contributed by atoms with E-state index in [9.17, 15) is 0 Å². The second kappa shape index (κ2) is 4.70. The highest BCUT2D eigenvalue weighted by molar-refractivity contribution is 6.18. The van der Waals surface area contributed by atoms with E-state index < -0.39 is 0 Å². The first-order valence-electron chi connectivity index (χ1n) is 4.76. The lowest BCUT2D eigenvalue weighted by molar-refractivity contribution is 0.405. The summed E-state index contributed by atoms with van der Waals surface area (Å²) in [5, 5.41) is 0. The summed E-state index contributed by atoms with van der Waals surface area (Å²) < 4.78 is 5.17. The molecule has 0 saturated carbocycles. The Hall–Kier alpha value is -0.690. The van der Waals surface area contributed by atoms with Gasteiger partial charge in [0.15, 0.2) is 0 Å². The molecule has 1 aromatic carbocycles. The topological polar surface area (TPSA) is 9.23 Å². The van der Waals surface area contributed by atoms with Crippen LogP contribution in [0.15, 0.2) is 24.3 Å². The fourth-order valence-electron chi connectivity index (χ4n) is 1.38. The number of benzene rings is 1. The fraction of sp³-hybridized carbons (Fsp3) is 0.500. The number of methoxy groups -OCH3 is 1. The summed E-state index contributed by atoms with van der Waals surface area (Å²) in [4.78, 5) is 0. The quantitative estimate of drug-likeness (QED) is 0.695. The summed E-state index contributed by atoms with van der Waals surface area (Å²) >= 11 is 5.89. The Kier molecular flexibility index (Phi) is 3.82. The van der Waals surface area contributed by atoms with Gasteiger partial charge in [-0.1, -0.05) is 26.0 Å². The van der Waals surface area contributed by atoms with Crippen LogP contribution in [-0.2, 0) is 6.42 Å². The van der Waals surface area contributed by atoms with E-state index >= 15 is 0 Å². The maximum Gasteiger partial charge on any atom is 0.119 e. The van der Waals surface area contributed by atoms with Crippen LogP contribution in [-0.4, -0.2) is 13.0 Å². The van der Waals surface area contributed by atoms with Gasteiger partial charge < -0.3 is 4.74 Å². The maximum atomic E-state index is 5.89. The predicted octanol–water partition coefficient (Wildman–Crippen LogP) is 3.50. The average molecular weight is 213 g/mol. The molecule has 1 aromatic rings. The molecule has 0 N–H and O–H groups in total. The lowest BCUT2D eigenvalue weighted by Crippen LogP contribution is -2.16. The van der Waals surface area contributed by atoms with E-state index in [2.05, 4.69) is 26.0 Å². The van der Waals surface area contributed by atoms with Crippen molar-refractivity contribution in [3.63, 3.8) is 0 Å². The van der Waals surface area contributed by atoms with Crippen molar-refractivity contribution in [1.82, 2.24) is 0 Å². The smallest absolute Gasteiger partial charge is 0.119 e. The number of alkyl halides is 1. The van der Waals surface area contributed by atoms with Crippen LogP contribution in [0, 0.1) is 5.41 Å². The first-order chi connectivity index (χ1) is 6.57. The Morgan fingerprint density at radius 3 is 2.64 bits per heavy atom. The third kappa shape index (κ3) is 3.22. The van der Waals surface area contributed by atoms with Gasteiger partial charge in [0, 0.05) is 5.88 Å². The molecule has 0 spiro atoms. The molecule has 0 radical (unpaired) electrons. The van der Waals surface area contributed by atoms with Gasteiger partial charge in [-0.15, -0.1) is 11.6 Å². The molecule has 1 nitrogen and oxygen atoms in total. The van der Waals surface area contributed by atoms with E-state index in [0.717, 1.165) is 12.2 Å². The summed E-state index contributed by atoms with van der Waals surface area (Å²) in [6.45, 7) is 4.33. The summed E-state index contributed by atoms with van der Waals surface area (Å²) in [5.74, 6) is 1.58. The zero-order valence-electron chi connectivity index (χ0n) is 9.01. The highest BCUT2D eigenvalue weighted by atomic mass is 35.5. The molecule has 0 heterocycles. The SMILES string of the molecule is COc1cccc(CC(C)(C)CCl)c1. The number of hydrogen-bond donors (Lipinski definition) is 0. The van der Waals surface area contributed by atoms with Crippen LogP contribution < -0.4 is 4.74 Å². The molecule has 14 heavy (non-hydrogen) atoms. The van der Waals surface area contributed by atoms with Crippen molar-refractivity contribution in [2.75, 3.05) is 13.0 Å². The Labute approximate surface area is 91.0 Å². The minimum absolute atomic E-state index is 0.147. The van der Waals surface area contributed by atoms with Crippen molar-refractivity contribution < 1.29 is 4.74 Å². The Balaban J connectivity index is 2.76. The number of halogens is 1. The van der Waals surface area contributed by atoms with Crippen molar-refractivity contribution in [2.24, 2.45) is 5.41 Å². The molecule has 0 aliphatic carbocycles. The normalized spacial score (nSPS) is 11.4. The number of ether oxygens (including phenoxy) is 1. The van der Waals surface area contributed by atoms with Crippen molar-refractivity contribution in [2.45, 2.75) is 20.3 Å². The second-order valence-electron chi connectivity index (χ2n) is 4.33. The van der Waals surface area contributed by atoms with Gasteiger partial charge in [-0.3, -0.25) is 0 Å². The molecule has 0 atom stereocenters. The summed E-state index contributed by atoms with van der Waals surface area (Å²) in [7, 11) is 1.69. The molecule has 1 rings (SSSR count). The summed E-state index contributed by atoms with van der Waals surface area (Å²) in [6.07, 6.45) is 0.980. The molecule has 2 heteroatoms. The molecule has 0 saturated heterocycles. The van der Waals surface area contributed by atoms with Crippen LogP contribution in [0.3, 0.4) is 0 Å². The zero-order chi connectivity index (χ0) is 10.6.